The van der Waals surface area contributed by atoms with Gasteiger partial charge in [0.15, 0.2) is 5.65 Å². The number of carbonyl (C=O) groups excluding carboxylic acids is 1. The van der Waals surface area contributed by atoms with Gasteiger partial charge in [0.05, 0.1) is 23.4 Å². The molecule has 1 fully saturated rings. The monoisotopic (exact) mass is 522 g/mol. The summed E-state index contributed by atoms with van der Waals surface area (Å²) in [5.74, 6) is 1.53. The van der Waals surface area contributed by atoms with Crippen molar-refractivity contribution in [1.29, 1.82) is 0 Å². The molecule has 206 valence electrons. The molecule has 2 heterocycles. The molecule has 1 aliphatic rings. The number of hydrogen-bond donors (Lipinski definition) is 4. The van der Waals surface area contributed by atoms with Gasteiger partial charge in [0.2, 0.25) is 0 Å². The number of methoxy groups -OCH3 is 1. The summed E-state index contributed by atoms with van der Waals surface area (Å²) < 4.78 is 7.38. The summed E-state index contributed by atoms with van der Waals surface area (Å²) in [6.07, 6.45) is 3.90. The van der Waals surface area contributed by atoms with E-state index in [2.05, 4.69) is 34.9 Å². The average Bonchev–Trinajstić information content (AvgIpc) is 3.55. The van der Waals surface area contributed by atoms with Crippen molar-refractivity contribution in [3.05, 3.63) is 41.6 Å². The third kappa shape index (κ3) is 6.27. The molecule has 0 spiro atoms. The molecule has 0 aliphatic heterocycles. The van der Waals surface area contributed by atoms with Gasteiger partial charge in [0, 0.05) is 36.9 Å². The summed E-state index contributed by atoms with van der Waals surface area (Å²) in [4.78, 5) is 17.6. The van der Waals surface area contributed by atoms with E-state index in [9.17, 15) is 9.90 Å². The van der Waals surface area contributed by atoms with E-state index in [0.717, 1.165) is 35.3 Å². The van der Waals surface area contributed by atoms with Crippen molar-refractivity contribution in [2.24, 2.45) is 5.92 Å². The number of rotatable bonds is 11. The number of aryl methyl sites for hydroxylation is 1. The maximum atomic E-state index is 12.6. The maximum Gasteiger partial charge on any atom is 0.251 e. The van der Waals surface area contributed by atoms with Gasteiger partial charge in [0.1, 0.15) is 11.6 Å². The summed E-state index contributed by atoms with van der Waals surface area (Å²) in [5, 5.41) is 25.5. The molecule has 1 saturated carbocycles. The van der Waals surface area contributed by atoms with Gasteiger partial charge in [-0.05, 0) is 70.6 Å². The van der Waals surface area contributed by atoms with E-state index in [1.807, 2.05) is 45.0 Å². The fourth-order valence-electron chi connectivity index (χ4n) is 4.64. The Balaban J connectivity index is 1.75. The molecular formula is C29H42N6O3. The SMILES string of the molecule is COC(C)(C)CNc1cc(N[C@@H](C(C)C)C(C)(C)O)nc2c(-c3ccc(C(=O)NC4CC4)c(C)c3)cnn12. The highest BCUT2D eigenvalue weighted by molar-refractivity contribution is 5.97. The molecule has 9 heteroatoms. The first kappa shape index (κ1) is 27.9. The van der Waals surface area contributed by atoms with Gasteiger partial charge in [0.25, 0.3) is 5.91 Å². The largest absolute Gasteiger partial charge is 0.388 e. The third-order valence-electron chi connectivity index (χ3n) is 7.15. The first-order valence-electron chi connectivity index (χ1n) is 13.4. The maximum absolute atomic E-state index is 12.6. The van der Waals surface area contributed by atoms with E-state index < -0.39 is 5.60 Å². The fraction of sp³-hybridized carbons (Fsp3) is 0.552. The highest BCUT2D eigenvalue weighted by Crippen LogP contribution is 2.30. The molecule has 0 unspecified atom stereocenters. The number of nitrogens with one attached hydrogen (secondary N) is 3. The lowest BCUT2D eigenvalue weighted by Crippen LogP contribution is -2.45. The fourth-order valence-corrected chi connectivity index (χ4v) is 4.64. The quantitative estimate of drug-likeness (QED) is 0.290. The molecule has 9 nitrogen and oxygen atoms in total. The first-order valence-corrected chi connectivity index (χ1v) is 13.4. The Hall–Kier alpha value is -3.17. The number of aliphatic hydroxyl groups is 1. The van der Waals surface area contributed by atoms with Gasteiger partial charge in [-0.3, -0.25) is 4.79 Å². The van der Waals surface area contributed by atoms with E-state index in [1.54, 1.807) is 31.7 Å². The number of carbonyl (C=O) groups is 1. The Morgan fingerprint density at radius 2 is 1.92 bits per heavy atom. The zero-order valence-corrected chi connectivity index (χ0v) is 23.8. The number of anilines is 2. The standard InChI is InChI=1S/C29H42N6O3/c1-17(2)25(29(6,7)37)33-23-14-24(30-16-28(4,5)38-8)35-26(34-23)22(15-31-35)19-9-12-21(18(3)13-19)27(36)32-20-10-11-20/h9,12-15,17,20,25,30,37H,10-11,16H2,1-8H3,(H,32,36)(H,33,34)/t25-/m0/s1. The predicted octanol–water partition coefficient (Wildman–Crippen LogP) is 4.64. The second kappa shape index (κ2) is 10.5. The van der Waals surface area contributed by atoms with E-state index in [0.29, 0.717) is 29.6 Å². The molecule has 1 aliphatic carbocycles. The second-order valence-corrected chi connectivity index (χ2v) is 11.9. The topological polar surface area (TPSA) is 113 Å². The Morgan fingerprint density at radius 3 is 2.50 bits per heavy atom. The van der Waals surface area contributed by atoms with Gasteiger partial charge >= 0.3 is 0 Å². The summed E-state index contributed by atoms with van der Waals surface area (Å²) in [7, 11) is 1.69. The number of fused-ring (bicyclic) bond motifs is 1. The van der Waals surface area contributed by atoms with Crippen LogP contribution >= 0.6 is 0 Å². The third-order valence-corrected chi connectivity index (χ3v) is 7.15. The smallest absolute Gasteiger partial charge is 0.251 e. The minimum Gasteiger partial charge on any atom is -0.388 e. The number of nitrogens with zero attached hydrogens (tertiary/aromatic N) is 3. The molecule has 4 N–H and O–H groups in total. The number of ether oxygens (including phenoxy) is 1. The van der Waals surface area contributed by atoms with Crippen LogP contribution in [0.4, 0.5) is 11.6 Å². The van der Waals surface area contributed by atoms with Crippen molar-refractivity contribution in [3.8, 4) is 11.1 Å². The summed E-state index contributed by atoms with van der Waals surface area (Å²) in [5.41, 5.74) is 2.68. The molecule has 1 amide bonds. The van der Waals surface area contributed by atoms with Crippen molar-refractivity contribution >= 4 is 23.2 Å². The minimum atomic E-state index is -0.954. The van der Waals surface area contributed by atoms with Crippen LogP contribution in [0.3, 0.4) is 0 Å². The van der Waals surface area contributed by atoms with E-state index >= 15 is 0 Å². The Morgan fingerprint density at radius 1 is 1.21 bits per heavy atom. The number of amides is 1. The van der Waals surface area contributed by atoms with Crippen LogP contribution in [-0.2, 0) is 4.74 Å². The lowest BCUT2D eigenvalue weighted by atomic mass is 9.89. The van der Waals surface area contributed by atoms with Crippen LogP contribution in [0.15, 0.2) is 30.5 Å². The van der Waals surface area contributed by atoms with Crippen molar-refractivity contribution in [2.75, 3.05) is 24.3 Å². The van der Waals surface area contributed by atoms with Crippen LogP contribution in [0.5, 0.6) is 0 Å². The lowest BCUT2D eigenvalue weighted by molar-refractivity contribution is 0.0343. The molecular weight excluding hydrogens is 480 g/mol. The van der Waals surface area contributed by atoms with Gasteiger partial charge in [-0.2, -0.15) is 9.61 Å². The number of aromatic nitrogens is 3. The van der Waals surface area contributed by atoms with Crippen LogP contribution < -0.4 is 16.0 Å². The van der Waals surface area contributed by atoms with Gasteiger partial charge in [-0.15, -0.1) is 0 Å². The van der Waals surface area contributed by atoms with Crippen LogP contribution in [0, 0.1) is 12.8 Å². The van der Waals surface area contributed by atoms with E-state index in [-0.39, 0.29) is 23.5 Å². The highest BCUT2D eigenvalue weighted by Gasteiger charge is 2.30. The molecule has 0 saturated heterocycles. The Bertz CT molecular complexity index is 1300. The first-order chi connectivity index (χ1) is 17.8. The minimum absolute atomic E-state index is 0.0281. The van der Waals surface area contributed by atoms with Crippen molar-refractivity contribution in [2.45, 2.75) is 84.6 Å². The average molecular weight is 523 g/mol. The number of benzene rings is 1. The molecule has 3 aromatic rings. The van der Waals surface area contributed by atoms with Crippen LogP contribution in [-0.4, -0.2) is 62.6 Å². The summed E-state index contributed by atoms with van der Waals surface area (Å²) in [6.45, 7) is 14.3. The van der Waals surface area contributed by atoms with E-state index in [4.69, 9.17) is 9.72 Å². The molecule has 2 aromatic heterocycles. The zero-order valence-electron chi connectivity index (χ0n) is 23.8. The Labute approximate surface area is 225 Å². The van der Waals surface area contributed by atoms with Crippen molar-refractivity contribution in [1.82, 2.24) is 19.9 Å². The number of hydrogen-bond acceptors (Lipinski definition) is 7. The van der Waals surface area contributed by atoms with Crippen LogP contribution in [0.2, 0.25) is 0 Å². The van der Waals surface area contributed by atoms with Gasteiger partial charge < -0.3 is 25.8 Å². The summed E-state index contributed by atoms with van der Waals surface area (Å²) >= 11 is 0. The predicted molar refractivity (Wildman–Crippen MR) is 152 cm³/mol. The molecule has 1 aromatic carbocycles. The highest BCUT2D eigenvalue weighted by atomic mass is 16.5. The Kier molecular flexibility index (Phi) is 7.72. The van der Waals surface area contributed by atoms with Gasteiger partial charge in [-0.1, -0.05) is 26.0 Å². The van der Waals surface area contributed by atoms with E-state index in [1.165, 1.54) is 0 Å². The van der Waals surface area contributed by atoms with Crippen LogP contribution in [0.1, 0.15) is 70.3 Å². The normalized spacial score (nSPS) is 15.1. The zero-order chi connectivity index (χ0) is 27.8. The molecule has 4 rings (SSSR count). The van der Waals surface area contributed by atoms with Gasteiger partial charge in [-0.25, -0.2) is 4.98 Å². The van der Waals surface area contributed by atoms with Crippen molar-refractivity contribution < 1.29 is 14.6 Å². The van der Waals surface area contributed by atoms with Crippen molar-refractivity contribution in [3.63, 3.8) is 0 Å². The molecule has 38 heavy (non-hydrogen) atoms. The molecule has 0 bridgehead atoms. The molecule has 0 radical (unpaired) electrons. The lowest BCUT2D eigenvalue weighted by Gasteiger charge is -2.34. The summed E-state index contributed by atoms with van der Waals surface area (Å²) in [6, 6.07) is 7.82. The second-order valence-electron chi connectivity index (χ2n) is 11.9. The molecule has 1 atom stereocenters. The van der Waals surface area contributed by atoms with Crippen LogP contribution in [0.25, 0.3) is 16.8 Å².